The Morgan fingerprint density at radius 1 is 1.16 bits per heavy atom. The Morgan fingerprint density at radius 3 is 2.58 bits per heavy atom. The van der Waals surface area contributed by atoms with E-state index in [2.05, 4.69) is 10.0 Å². The molecule has 166 valence electrons. The van der Waals surface area contributed by atoms with Gasteiger partial charge in [0.15, 0.2) is 0 Å². The van der Waals surface area contributed by atoms with E-state index in [1.807, 2.05) is 37.3 Å². The number of nitrogens with one attached hydrogen (secondary N) is 2. The number of sulfonamides is 1. The van der Waals surface area contributed by atoms with Gasteiger partial charge in [-0.1, -0.05) is 48.6 Å². The summed E-state index contributed by atoms with van der Waals surface area (Å²) in [5.41, 5.74) is 0.969. The second kappa shape index (κ2) is 10.1. The molecular weight excluding hydrogens is 423 g/mol. The van der Waals surface area contributed by atoms with Gasteiger partial charge in [-0.15, -0.1) is 0 Å². The van der Waals surface area contributed by atoms with E-state index < -0.39 is 40.7 Å². The number of carbonyl (C=O) groups excluding carboxylic acids is 1. The molecule has 3 N–H and O–H groups in total. The van der Waals surface area contributed by atoms with E-state index in [9.17, 15) is 22.7 Å². The lowest BCUT2D eigenvalue weighted by Crippen LogP contribution is -2.49. The molecule has 4 atom stereocenters. The quantitative estimate of drug-likeness (QED) is 0.536. The van der Waals surface area contributed by atoms with Crippen molar-refractivity contribution in [3.63, 3.8) is 0 Å². The first kappa shape index (κ1) is 23.1. The van der Waals surface area contributed by atoms with Crippen molar-refractivity contribution in [2.24, 2.45) is 0 Å². The first-order valence-corrected chi connectivity index (χ1v) is 11.3. The predicted octanol–water partition coefficient (Wildman–Crippen LogP) is 2.06. The topological polar surface area (TPSA) is 105 Å². The van der Waals surface area contributed by atoms with Crippen molar-refractivity contribution in [2.75, 3.05) is 6.61 Å². The average molecular weight is 449 g/mol. The minimum absolute atomic E-state index is 0.0214. The highest BCUT2D eigenvalue weighted by Gasteiger charge is 2.31. The third-order valence-electron chi connectivity index (χ3n) is 4.92. The number of hydrogen-bond acceptors (Lipinski definition) is 5. The molecule has 1 heterocycles. The Bertz CT molecular complexity index is 1030. The molecule has 2 aromatic carbocycles. The van der Waals surface area contributed by atoms with Crippen LogP contribution in [0, 0.1) is 5.82 Å². The molecule has 0 radical (unpaired) electrons. The fourth-order valence-corrected chi connectivity index (χ4v) is 4.55. The van der Waals surface area contributed by atoms with Crippen LogP contribution in [0.1, 0.15) is 24.9 Å². The van der Waals surface area contributed by atoms with Gasteiger partial charge < -0.3 is 15.2 Å². The number of aliphatic hydroxyl groups excluding tert-OH is 1. The maximum Gasteiger partial charge on any atom is 0.241 e. The summed E-state index contributed by atoms with van der Waals surface area (Å²) in [4.78, 5) is 12.2. The number of hydrogen-bond donors (Lipinski definition) is 3. The number of benzene rings is 2. The van der Waals surface area contributed by atoms with Crippen LogP contribution in [0.25, 0.3) is 0 Å². The van der Waals surface area contributed by atoms with Crippen molar-refractivity contribution < 1.29 is 27.4 Å². The number of carbonyl (C=O) groups is 1. The van der Waals surface area contributed by atoms with Gasteiger partial charge >= 0.3 is 0 Å². The van der Waals surface area contributed by atoms with Gasteiger partial charge in [0.25, 0.3) is 0 Å². The van der Waals surface area contributed by atoms with Gasteiger partial charge in [-0.2, -0.15) is 0 Å². The molecule has 0 fully saturated rings. The van der Waals surface area contributed by atoms with E-state index in [1.165, 1.54) is 12.1 Å². The summed E-state index contributed by atoms with van der Waals surface area (Å²) >= 11 is 0. The van der Waals surface area contributed by atoms with Gasteiger partial charge in [0.2, 0.25) is 15.9 Å². The highest BCUT2D eigenvalue weighted by atomic mass is 32.2. The number of ether oxygens (including phenoxy) is 1. The molecular formula is C22H25FN2O5S. The lowest BCUT2D eigenvalue weighted by molar-refractivity contribution is -0.125. The van der Waals surface area contributed by atoms with Gasteiger partial charge in [0.05, 0.1) is 36.1 Å². The fraction of sp³-hybridized carbons (Fsp3) is 0.318. The molecule has 3 rings (SSSR count). The third-order valence-corrected chi connectivity index (χ3v) is 6.38. The largest absolute Gasteiger partial charge is 0.394 e. The minimum atomic E-state index is -4.02. The highest BCUT2D eigenvalue weighted by Crippen LogP contribution is 2.19. The predicted molar refractivity (Wildman–Crippen MR) is 113 cm³/mol. The summed E-state index contributed by atoms with van der Waals surface area (Å²) in [7, 11) is -4.02. The molecule has 0 aromatic heterocycles. The molecule has 0 spiro atoms. The zero-order valence-corrected chi connectivity index (χ0v) is 17.8. The minimum Gasteiger partial charge on any atom is -0.394 e. The number of halogens is 1. The molecule has 0 bridgehead atoms. The molecule has 0 aliphatic carbocycles. The van der Waals surface area contributed by atoms with E-state index in [-0.39, 0.29) is 23.3 Å². The average Bonchev–Trinajstić information content (AvgIpc) is 2.75. The summed E-state index contributed by atoms with van der Waals surface area (Å²) in [6.45, 7) is 1.41. The summed E-state index contributed by atoms with van der Waals surface area (Å²) in [6.07, 6.45) is 1.64. The van der Waals surface area contributed by atoms with Crippen molar-refractivity contribution in [1.82, 2.24) is 10.0 Å². The van der Waals surface area contributed by atoms with Crippen LogP contribution >= 0.6 is 0 Å². The van der Waals surface area contributed by atoms with Crippen molar-refractivity contribution in [3.05, 3.63) is 78.1 Å². The van der Waals surface area contributed by atoms with E-state index in [1.54, 1.807) is 12.2 Å². The van der Waals surface area contributed by atoms with Crippen LogP contribution in [-0.2, 0) is 19.6 Å². The molecule has 0 saturated carbocycles. The van der Waals surface area contributed by atoms with Crippen molar-refractivity contribution in [1.29, 1.82) is 0 Å². The van der Waals surface area contributed by atoms with Crippen molar-refractivity contribution in [3.8, 4) is 0 Å². The third kappa shape index (κ3) is 6.20. The van der Waals surface area contributed by atoms with E-state index in [0.29, 0.717) is 0 Å². The molecule has 7 nitrogen and oxygen atoms in total. The maximum atomic E-state index is 13.4. The Labute approximate surface area is 181 Å². The zero-order chi connectivity index (χ0) is 22.4. The van der Waals surface area contributed by atoms with Gasteiger partial charge in [-0.25, -0.2) is 17.5 Å². The van der Waals surface area contributed by atoms with Crippen molar-refractivity contribution >= 4 is 15.9 Å². The first-order chi connectivity index (χ1) is 14.8. The zero-order valence-electron chi connectivity index (χ0n) is 16.9. The molecule has 9 heteroatoms. The standard InChI is InChI=1S/C22H25FN2O5S/c1-15(16-6-3-2-4-7-16)24-22(27)13-18-10-11-20(21(14-26)30-18)25-31(28,29)19-9-5-8-17(23)12-19/h2-12,15,18,20-21,25-26H,13-14H2,1H3,(H,24,27)/t15-,18+,20-,21+/m0/s1. The number of rotatable bonds is 8. The fourth-order valence-electron chi connectivity index (χ4n) is 3.30. The van der Waals surface area contributed by atoms with Crippen LogP contribution < -0.4 is 10.0 Å². The Balaban J connectivity index is 1.61. The second-order valence-electron chi connectivity index (χ2n) is 7.29. The number of aliphatic hydroxyl groups is 1. The van der Waals surface area contributed by atoms with Gasteiger partial charge in [-0.3, -0.25) is 4.79 Å². The molecule has 1 amide bonds. The van der Waals surface area contributed by atoms with Crippen LogP contribution in [0.5, 0.6) is 0 Å². The SMILES string of the molecule is C[C@H](NC(=O)C[C@H]1C=C[C@H](NS(=O)(=O)c2cccc(F)c2)[C@@H](CO)O1)c1ccccc1. The molecule has 0 saturated heterocycles. The van der Waals surface area contributed by atoms with Crippen LogP contribution in [0.4, 0.5) is 4.39 Å². The Hall–Kier alpha value is -2.59. The van der Waals surface area contributed by atoms with Crippen LogP contribution in [0.2, 0.25) is 0 Å². The monoisotopic (exact) mass is 448 g/mol. The van der Waals surface area contributed by atoms with E-state index in [4.69, 9.17) is 4.74 Å². The van der Waals surface area contributed by atoms with Gasteiger partial charge in [-0.05, 0) is 30.7 Å². The molecule has 0 unspecified atom stereocenters. The highest BCUT2D eigenvalue weighted by molar-refractivity contribution is 7.89. The molecule has 31 heavy (non-hydrogen) atoms. The van der Waals surface area contributed by atoms with Crippen LogP contribution in [0.15, 0.2) is 71.6 Å². The normalized spacial score (nSPS) is 22.1. The Kier molecular flexibility index (Phi) is 7.55. The Morgan fingerprint density at radius 2 is 1.90 bits per heavy atom. The van der Waals surface area contributed by atoms with Gasteiger partial charge in [0.1, 0.15) is 11.9 Å². The summed E-state index contributed by atoms with van der Waals surface area (Å²) in [6, 6.07) is 13.1. The summed E-state index contributed by atoms with van der Waals surface area (Å²) < 4.78 is 46.5. The summed E-state index contributed by atoms with van der Waals surface area (Å²) in [5, 5.41) is 12.6. The molecule has 1 aliphatic heterocycles. The van der Waals surface area contributed by atoms with Crippen molar-refractivity contribution in [2.45, 2.75) is 42.5 Å². The molecule has 2 aromatic rings. The van der Waals surface area contributed by atoms with Crippen LogP contribution in [0.3, 0.4) is 0 Å². The summed E-state index contributed by atoms with van der Waals surface area (Å²) in [5.74, 6) is -0.908. The lowest BCUT2D eigenvalue weighted by Gasteiger charge is -2.31. The van der Waals surface area contributed by atoms with Gasteiger partial charge in [0, 0.05) is 0 Å². The van der Waals surface area contributed by atoms with E-state index >= 15 is 0 Å². The smallest absolute Gasteiger partial charge is 0.241 e. The maximum absolute atomic E-state index is 13.4. The van der Waals surface area contributed by atoms with E-state index in [0.717, 1.165) is 17.7 Å². The second-order valence-corrected chi connectivity index (χ2v) is 9.00. The lowest BCUT2D eigenvalue weighted by atomic mass is 10.0. The first-order valence-electron chi connectivity index (χ1n) is 9.85. The van der Waals surface area contributed by atoms with Crippen LogP contribution in [-0.4, -0.2) is 44.3 Å². The molecule has 1 aliphatic rings. The number of amides is 1.